The van der Waals surface area contributed by atoms with Crippen LogP contribution >= 0.6 is 11.3 Å². The maximum atomic E-state index is 12.5. The molecule has 0 aromatic carbocycles. The van der Waals surface area contributed by atoms with Gasteiger partial charge >= 0.3 is 11.9 Å². The molecule has 2 rings (SSSR count). The van der Waals surface area contributed by atoms with Crippen molar-refractivity contribution in [2.45, 2.75) is 58.8 Å². The second-order valence-corrected chi connectivity index (χ2v) is 7.56. The zero-order chi connectivity index (χ0) is 19.1. The van der Waals surface area contributed by atoms with Crippen LogP contribution in [0.3, 0.4) is 0 Å². The molecule has 0 saturated heterocycles. The van der Waals surface area contributed by atoms with Crippen LogP contribution in [0.1, 0.15) is 66.8 Å². The second kappa shape index (κ2) is 9.71. The highest BCUT2D eigenvalue weighted by atomic mass is 32.1. The predicted octanol–water partition coefficient (Wildman–Crippen LogP) is 3.72. The summed E-state index contributed by atoms with van der Waals surface area (Å²) in [5, 5.41) is 3.35. The molecule has 1 aromatic heterocycles. The minimum atomic E-state index is -0.432. The van der Waals surface area contributed by atoms with E-state index in [0.717, 1.165) is 31.2 Å². The molecule has 0 saturated carbocycles. The lowest BCUT2D eigenvalue weighted by molar-refractivity contribution is -0.141. The average Bonchev–Trinajstić information content (AvgIpc) is 2.97. The third-order valence-electron chi connectivity index (χ3n) is 4.58. The van der Waals surface area contributed by atoms with Crippen molar-refractivity contribution in [2.75, 3.05) is 19.0 Å². The Morgan fingerprint density at radius 2 is 2.00 bits per heavy atom. The first kappa shape index (κ1) is 20.4. The molecule has 0 aliphatic heterocycles. The number of carbonyl (C=O) groups is 3. The first-order chi connectivity index (χ1) is 12.5. The summed E-state index contributed by atoms with van der Waals surface area (Å²) in [7, 11) is 1.29. The van der Waals surface area contributed by atoms with E-state index in [1.165, 1.54) is 29.7 Å². The third kappa shape index (κ3) is 5.06. The molecule has 1 amide bonds. The number of hydrogen-bond donors (Lipinski definition) is 1. The van der Waals surface area contributed by atoms with Gasteiger partial charge in [-0.15, -0.1) is 11.3 Å². The summed E-state index contributed by atoms with van der Waals surface area (Å²) in [5.74, 6) is -0.491. The van der Waals surface area contributed by atoms with Gasteiger partial charge in [0.1, 0.15) is 5.00 Å². The standard InChI is InChI=1S/C19H27NO5S/c1-4-6-12-7-8-13-14(11-12)26-18(17(13)19(23)25-5-2)20-15(21)9-10-16(22)24-3/h12H,4-11H2,1-3H3,(H,20,21)/t12-/m1/s1. The van der Waals surface area contributed by atoms with Crippen molar-refractivity contribution in [3.8, 4) is 0 Å². The summed E-state index contributed by atoms with van der Waals surface area (Å²) < 4.78 is 9.76. The highest BCUT2D eigenvalue weighted by Crippen LogP contribution is 2.41. The van der Waals surface area contributed by atoms with Gasteiger partial charge in [0.2, 0.25) is 5.91 Å². The number of carbonyl (C=O) groups excluding carboxylic acids is 3. The van der Waals surface area contributed by atoms with Crippen molar-refractivity contribution in [3.63, 3.8) is 0 Å². The van der Waals surface area contributed by atoms with Crippen LogP contribution < -0.4 is 5.32 Å². The van der Waals surface area contributed by atoms with Gasteiger partial charge in [0.25, 0.3) is 0 Å². The fourth-order valence-corrected chi connectivity index (χ4v) is 4.69. The van der Waals surface area contributed by atoms with Gasteiger partial charge in [0, 0.05) is 11.3 Å². The van der Waals surface area contributed by atoms with Crippen LogP contribution in [0.5, 0.6) is 0 Å². The molecule has 1 aliphatic rings. The highest BCUT2D eigenvalue weighted by Gasteiger charge is 2.30. The Morgan fingerprint density at radius 1 is 1.23 bits per heavy atom. The van der Waals surface area contributed by atoms with E-state index >= 15 is 0 Å². The van der Waals surface area contributed by atoms with Crippen LogP contribution in [0.25, 0.3) is 0 Å². The smallest absolute Gasteiger partial charge is 0.341 e. The Kier molecular flexibility index (Phi) is 7.63. The van der Waals surface area contributed by atoms with Crippen molar-refractivity contribution in [1.82, 2.24) is 0 Å². The normalized spacial score (nSPS) is 15.9. The number of nitrogens with one attached hydrogen (secondary N) is 1. The van der Waals surface area contributed by atoms with Crippen LogP contribution in [-0.2, 0) is 31.9 Å². The molecule has 0 unspecified atom stereocenters. The lowest BCUT2D eigenvalue weighted by Gasteiger charge is -2.21. The number of esters is 2. The third-order valence-corrected chi connectivity index (χ3v) is 5.75. The molecule has 26 heavy (non-hydrogen) atoms. The molecule has 7 heteroatoms. The number of rotatable bonds is 8. The van der Waals surface area contributed by atoms with Crippen LogP contribution in [-0.4, -0.2) is 31.6 Å². The number of amides is 1. The van der Waals surface area contributed by atoms with Crippen molar-refractivity contribution >= 4 is 34.2 Å². The fourth-order valence-electron chi connectivity index (χ4n) is 3.32. The Labute approximate surface area is 158 Å². The number of anilines is 1. The molecule has 1 heterocycles. The van der Waals surface area contributed by atoms with Gasteiger partial charge in [-0.25, -0.2) is 4.79 Å². The summed E-state index contributed by atoms with van der Waals surface area (Å²) in [6.07, 6.45) is 5.19. The quantitative estimate of drug-likeness (QED) is 0.694. The number of ether oxygens (including phenoxy) is 2. The van der Waals surface area contributed by atoms with Gasteiger partial charge in [0.15, 0.2) is 0 Å². The summed E-state index contributed by atoms with van der Waals surface area (Å²) >= 11 is 1.47. The van der Waals surface area contributed by atoms with Gasteiger partial charge < -0.3 is 14.8 Å². The largest absolute Gasteiger partial charge is 0.469 e. The first-order valence-electron chi connectivity index (χ1n) is 9.18. The molecule has 0 radical (unpaired) electrons. The number of thiophene rings is 1. The maximum absolute atomic E-state index is 12.5. The molecule has 1 aromatic rings. The van der Waals surface area contributed by atoms with E-state index in [9.17, 15) is 14.4 Å². The van der Waals surface area contributed by atoms with Gasteiger partial charge in [-0.2, -0.15) is 0 Å². The molecule has 0 bridgehead atoms. The van der Waals surface area contributed by atoms with E-state index in [1.807, 2.05) is 0 Å². The minimum absolute atomic E-state index is 0.0146. The van der Waals surface area contributed by atoms with Crippen LogP contribution in [0.2, 0.25) is 0 Å². The van der Waals surface area contributed by atoms with E-state index in [-0.39, 0.29) is 31.3 Å². The Balaban J connectivity index is 2.20. The summed E-state index contributed by atoms with van der Waals surface area (Å²) in [4.78, 5) is 37.0. The summed E-state index contributed by atoms with van der Waals surface area (Å²) in [6.45, 7) is 4.24. The van der Waals surface area contributed by atoms with Gasteiger partial charge in [-0.1, -0.05) is 19.8 Å². The van der Waals surface area contributed by atoms with Crippen molar-refractivity contribution < 1.29 is 23.9 Å². The second-order valence-electron chi connectivity index (χ2n) is 6.45. The minimum Gasteiger partial charge on any atom is -0.469 e. The number of hydrogen-bond acceptors (Lipinski definition) is 6. The van der Waals surface area contributed by atoms with Crippen LogP contribution in [0.15, 0.2) is 0 Å². The average molecular weight is 381 g/mol. The van der Waals surface area contributed by atoms with Gasteiger partial charge in [-0.3, -0.25) is 9.59 Å². The Hall–Kier alpha value is -1.89. The molecule has 1 atom stereocenters. The van der Waals surface area contributed by atoms with Gasteiger partial charge in [0.05, 0.1) is 25.7 Å². The molecular formula is C19H27NO5S. The summed E-state index contributed by atoms with van der Waals surface area (Å²) in [6, 6.07) is 0. The van der Waals surface area contributed by atoms with E-state index in [1.54, 1.807) is 6.92 Å². The highest BCUT2D eigenvalue weighted by molar-refractivity contribution is 7.17. The van der Waals surface area contributed by atoms with E-state index in [0.29, 0.717) is 16.5 Å². The van der Waals surface area contributed by atoms with E-state index in [4.69, 9.17) is 4.74 Å². The molecule has 1 N–H and O–H groups in total. The van der Waals surface area contributed by atoms with E-state index < -0.39 is 5.97 Å². The Morgan fingerprint density at radius 3 is 2.65 bits per heavy atom. The SMILES string of the molecule is CCC[C@@H]1CCc2c(sc(NC(=O)CCC(=O)OC)c2C(=O)OCC)C1. The van der Waals surface area contributed by atoms with Crippen LogP contribution in [0, 0.1) is 5.92 Å². The maximum Gasteiger partial charge on any atom is 0.341 e. The van der Waals surface area contributed by atoms with Crippen molar-refractivity contribution in [1.29, 1.82) is 0 Å². The van der Waals surface area contributed by atoms with E-state index in [2.05, 4.69) is 17.0 Å². The zero-order valence-corrected chi connectivity index (χ0v) is 16.5. The fraction of sp³-hybridized carbons (Fsp3) is 0.632. The van der Waals surface area contributed by atoms with Crippen LogP contribution in [0.4, 0.5) is 5.00 Å². The lowest BCUT2D eigenvalue weighted by Crippen LogP contribution is -2.18. The van der Waals surface area contributed by atoms with Gasteiger partial charge in [-0.05, 0) is 37.7 Å². The predicted molar refractivity (Wildman–Crippen MR) is 101 cm³/mol. The monoisotopic (exact) mass is 381 g/mol. The number of methoxy groups -OCH3 is 1. The zero-order valence-electron chi connectivity index (χ0n) is 15.7. The molecule has 0 fully saturated rings. The molecular weight excluding hydrogens is 354 g/mol. The number of fused-ring (bicyclic) bond motifs is 1. The van der Waals surface area contributed by atoms with Crippen molar-refractivity contribution in [3.05, 3.63) is 16.0 Å². The topological polar surface area (TPSA) is 81.7 Å². The molecule has 144 valence electrons. The Bertz CT molecular complexity index is 667. The molecule has 0 spiro atoms. The lowest BCUT2D eigenvalue weighted by atomic mass is 9.84. The molecule has 1 aliphatic carbocycles. The first-order valence-corrected chi connectivity index (χ1v) is 10.00. The van der Waals surface area contributed by atoms with Crippen molar-refractivity contribution in [2.24, 2.45) is 5.92 Å². The molecule has 6 nitrogen and oxygen atoms in total. The summed E-state index contributed by atoms with van der Waals surface area (Å²) in [5.41, 5.74) is 1.51.